The number of hydrogen-bond donors (Lipinski definition) is 1. The number of carbonyl (C=O) groups excluding carboxylic acids is 1. The Labute approximate surface area is 156 Å². The molecule has 0 saturated heterocycles. The molecule has 3 heterocycles. The van der Waals surface area contributed by atoms with Crippen LogP contribution in [0.15, 0.2) is 36.7 Å². The molecule has 7 heteroatoms. The third-order valence-electron chi connectivity index (χ3n) is 4.83. The molecule has 1 amide bonds. The average molecular weight is 370 g/mol. The van der Waals surface area contributed by atoms with Gasteiger partial charge in [0.05, 0.1) is 18.4 Å². The summed E-state index contributed by atoms with van der Waals surface area (Å²) in [6.45, 7) is 5.34. The molecule has 0 bridgehead atoms. The lowest BCUT2D eigenvalue weighted by Crippen LogP contribution is -2.25. The fourth-order valence-corrected chi connectivity index (χ4v) is 3.73. The fraction of sp³-hybridized carbons (Fsp3) is 0.316. The number of rotatable bonds is 4. The predicted octanol–water partition coefficient (Wildman–Crippen LogP) is 3.58. The first-order valence-corrected chi connectivity index (χ1v) is 9.07. The maximum Gasteiger partial charge on any atom is 0.226 e. The van der Waals surface area contributed by atoms with E-state index >= 15 is 0 Å². The van der Waals surface area contributed by atoms with Gasteiger partial charge in [0.2, 0.25) is 5.91 Å². The number of aryl methyl sites for hydroxylation is 2. The lowest BCUT2D eigenvalue weighted by molar-refractivity contribution is -0.116. The van der Waals surface area contributed by atoms with Crippen molar-refractivity contribution in [2.24, 2.45) is 0 Å². The molecular formula is C19H20ClN5O. The fourth-order valence-electron chi connectivity index (χ4n) is 3.53. The summed E-state index contributed by atoms with van der Waals surface area (Å²) in [4.78, 5) is 12.4. The maximum absolute atomic E-state index is 12.4. The molecule has 1 unspecified atom stereocenters. The van der Waals surface area contributed by atoms with Crippen LogP contribution in [-0.2, 0) is 17.9 Å². The number of carbonyl (C=O) groups is 1. The molecular weight excluding hydrogens is 350 g/mol. The molecule has 0 radical (unpaired) electrons. The van der Waals surface area contributed by atoms with Gasteiger partial charge in [0.25, 0.3) is 0 Å². The summed E-state index contributed by atoms with van der Waals surface area (Å²) in [5.41, 5.74) is 3.99. The van der Waals surface area contributed by atoms with Crippen LogP contribution in [-0.4, -0.2) is 25.5 Å². The van der Waals surface area contributed by atoms with E-state index in [2.05, 4.69) is 15.5 Å². The van der Waals surface area contributed by atoms with E-state index in [1.807, 2.05) is 59.9 Å². The maximum atomic E-state index is 12.4. The Kier molecular flexibility index (Phi) is 4.28. The van der Waals surface area contributed by atoms with Gasteiger partial charge >= 0.3 is 0 Å². The Balaban J connectivity index is 1.76. The zero-order valence-electron chi connectivity index (χ0n) is 14.7. The SMILES string of the molecule is CCn1cc(C2CC(=O)Nc3c2c(C)nn3Cc2ccccc2Cl)cn1. The lowest BCUT2D eigenvalue weighted by atomic mass is 9.87. The van der Waals surface area contributed by atoms with Crippen LogP contribution in [0.1, 0.15) is 41.6 Å². The van der Waals surface area contributed by atoms with Gasteiger partial charge in [0, 0.05) is 35.7 Å². The smallest absolute Gasteiger partial charge is 0.226 e. The van der Waals surface area contributed by atoms with Crippen molar-refractivity contribution in [3.63, 3.8) is 0 Å². The van der Waals surface area contributed by atoms with E-state index in [1.165, 1.54) is 0 Å². The Bertz CT molecular complexity index is 974. The summed E-state index contributed by atoms with van der Waals surface area (Å²) in [6.07, 6.45) is 4.26. The highest BCUT2D eigenvalue weighted by atomic mass is 35.5. The minimum absolute atomic E-state index is 0.00735. The molecule has 26 heavy (non-hydrogen) atoms. The number of hydrogen-bond acceptors (Lipinski definition) is 3. The first-order chi connectivity index (χ1) is 12.6. The molecule has 134 valence electrons. The zero-order chi connectivity index (χ0) is 18.3. The summed E-state index contributed by atoms with van der Waals surface area (Å²) in [6, 6.07) is 7.68. The van der Waals surface area contributed by atoms with Gasteiger partial charge < -0.3 is 5.32 Å². The van der Waals surface area contributed by atoms with E-state index in [0.29, 0.717) is 18.0 Å². The van der Waals surface area contributed by atoms with Crippen molar-refractivity contribution in [1.29, 1.82) is 0 Å². The van der Waals surface area contributed by atoms with Crippen LogP contribution in [0, 0.1) is 6.92 Å². The summed E-state index contributed by atoms with van der Waals surface area (Å²) in [5.74, 6) is 0.721. The molecule has 6 nitrogen and oxygen atoms in total. The number of anilines is 1. The monoisotopic (exact) mass is 369 g/mol. The van der Waals surface area contributed by atoms with E-state index in [-0.39, 0.29) is 11.8 Å². The second-order valence-corrected chi connectivity index (χ2v) is 6.94. The van der Waals surface area contributed by atoms with Gasteiger partial charge in [-0.05, 0) is 31.0 Å². The van der Waals surface area contributed by atoms with E-state index in [9.17, 15) is 4.79 Å². The van der Waals surface area contributed by atoms with Crippen LogP contribution in [0.3, 0.4) is 0 Å². The van der Waals surface area contributed by atoms with Crippen LogP contribution < -0.4 is 5.32 Å². The summed E-state index contributed by atoms with van der Waals surface area (Å²) < 4.78 is 3.71. The number of halogens is 1. The normalized spacial score (nSPS) is 16.4. The van der Waals surface area contributed by atoms with Crippen molar-refractivity contribution in [3.05, 3.63) is 64.1 Å². The molecule has 2 aromatic heterocycles. The molecule has 0 fully saturated rings. The number of amides is 1. The van der Waals surface area contributed by atoms with Crippen molar-refractivity contribution in [2.45, 2.75) is 39.3 Å². The van der Waals surface area contributed by atoms with E-state index in [1.54, 1.807) is 0 Å². The second-order valence-electron chi connectivity index (χ2n) is 6.53. The lowest BCUT2D eigenvalue weighted by Gasteiger charge is -2.23. The topological polar surface area (TPSA) is 64.7 Å². The molecule has 4 rings (SSSR count). The molecule has 0 spiro atoms. The number of fused-ring (bicyclic) bond motifs is 1. The van der Waals surface area contributed by atoms with Crippen molar-refractivity contribution in [3.8, 4) is 0 Å². The summed E-state index contributed by atoms with van der Waals surface area (Å²) in [5, 5.41) is 12.7. The Hall–Kier alpha value is -2.60. The van der Waals surface area contributed by atoms with Crippen molar-refractivity contribution in [1.82, 2.24) is 19.6 Å². The van der Waals surface area contributed by atoms with E-state index < -0.39 is 0 Å². The standard InChI is InChI=1S/C19H20ClN5O/c1-3-24-10-14(9-21-24)15-8-17(26)22-19-18(15)12(2)23-25(19)11-13-6-4-5-7-16(13)20/h4-7,9-10,15H,3,8,11H2,1-2H3,(H,22,26). The van der Waals surface area contributed by atoms with Gasteiger partial charge in [-0.15, -0.1) is 0 Å². The average Bonchev–Trinajstić information content (AvgIpc) is 3.22. The molecule has 0 saturated carbocycles. The van der Waals surface area contributed by atoms with Crippen LogP contribution in [0.2, 0.25) is 5.02 Å². The molecule has 1 N–H and O–H groups in total. The van der Waals surface area contributed by atoms with E-state index in [4.69, 9.17) is 11.6 Å². The molecule has 1 aliphatic rings. The summed E-state index contributed by atoms with van der Waals surface area (Å²) >= 11 is 6.30. The Morgan fingerprint density at radius 2 is 2.15 bits per heavy atom. The summed E-state index contributed by atoms with van der Waals surface area (Å²) in [7, 11) is 0. The zero-order valence-corrected chi connectivity index (χ0v) is 15.5. The number of nitrogens with zero attached hydrogens (tertiary/aromatic N) is 4. The van der Waals surface area contributed by atoms with Gasteiger partial charge in [-0.3, -0.25) is 9.48 Å². The third-order valence-corrected chi connectivity index (χ3v) is 5.20. The molecule has 1 aliphatic heterocycles. The van der Waals surface area contributed by atoms with Crippen molar-refractivity contribution >= 4 is 23.3 Å². The van der Waals surface area contributed by atoms with Crippen molar-refractivity contribution < 1.29 is 4.79 Å². The first kappa shape index (κ1) is 16.8. The predicted molar refractivity (Wildman–Crippen MR) is 101 cm³/mol. The van der Waals surface area contributed by atoms with Gasteiger partial charge in [0.15, 0.2) is 0 Å². The molecule has 0 aliphatic carbocycles. The highest BCUT2D eigenvalue weighted by molar-refractivity contribution is 6.31. The highest BCUT2D eigenvalue weighted by Gasteiger charge is 2.33. The quantitative estimate of drug-likeness (QED) is 0.764. The molecule has 1 atom stereocenters. The minimum atomic E-state index is -0.0287. The van der Waals surface area contributed by atoms with Crippen LogP contribution in [0.5, 0.6) is 0 Å². The molecule has 1 aromatic carbocycles. The Morgan fingerprint density at radius 3 is 2.88 bits per heavy atom. The number of aromatic nitrogens is 4. The number of nitrogens with one attached hydrogen (secondary N) is 1. The van der Waals surface area contributed by atoms with Gasteiger partial charge in [-0.1, -0.05) is 29.8 Å². The number of benzene rings is 1. The van der Waals surface area contributed by atoms with Gasteiger partial charge in [0.1, 0.15) is 5.82 Å². The van der Waals surface area contributed by atoms with Crippen LogP contribution >= 0.6 is 11.6 Å². The van der Waals surface area contributed by atoms with E-state index in [0.717, 1.165) is 34.7 Å². The van der Waals surface area contributed by atoms with Gasteiger partial charge in [-0.2, -0.15) is 10.2 Å². The van der Waals surface area contributed by atoms with Crippen molar-refractivity contribution in [2.75, 3.05) is 5.32 Å². The largest absolute Gasteiger partial charge is 0.311 e. The van der Waals surface area contributed by atoms with Crippen LogP contribution in [0.4, 0.5) is 5.82 Å². The second kappa shape index (κ2) is 6.61. The minimum Gasteiger partial charge on any atom is -0.311 e. The first-order valence-electron chi connectivity index (χ1n) is 8.69. The Morgan fingerprint density at radius 1 is 1.35 bits per heavy atom. The third kappa shape index (κ3) is 2.90. The van der Waals surface area contributed by atoms with Crippen LogP contribution in [0.25, 0.3) is 0 Å². The molecule has 3 aromatic rings. The highest BCUT2D eigenvalue weighted by Crippen LogP contribution is 2.39. The van der Waals surface area contributed by atoms with Gasteiger partial charge in [-0.25, -0.2) is 4.68 Å².